The summed E-state index contributed by atoms with van der Waals surface area (Å²) in [6.45, 7) is 3.83. The minimum absolute atomic E-state index is 0.0699. The zero-order valence-electron chi connectivity index (χ0n) is 15.3. The van der Waals surface area contributed by atoms with Gasteiger partial charge in [-0.2, -0.15) is 4.98 Å². The number of aromatic nitrogens is 5. The fraction of sp³-hybridized carbons (Fsp3) is 0.421. The van der Waals surface area contributed by atoms with E-state index in [1.165, 1.54) is 0 Å². The largest absolute Gasteiger partial charge is 0.393 e. The van der Waals surface area contributed by atoms with E-state index >= 15 is 0 Å². The standard InChI is InChI=1S/C19H22N6O2/c1-11-7-12(2)25-19(21-11)22-16(24-25)10-17(27)23-18(13-8-14(26)9-13)15-5-3-4-6-20-15/h3-7,13-14,18,26H,8-10H2,1-2H3,(H,23,27)/t13?,14?,18-/m0/s1. The molecule has 2 N–H and O–H groups in total. The number of carbonyl (C=O) groups excluding carboxylic acids is 1. The highest BCUT2D eigenvalue weighted by atomic mass is 16.3. The molecule has 8 heteroatoms. The Morgan fingerprint density at radius 1 is 1.33 bits per heavy atom. The van der Waals surface area contributed by atoms with Crippen molar-refractivity contribution in [1.82, 2.24) is 29.9 Å². The molecule has 3 aromatic rings. The second-order valence-electron chi connectivity index (χ2n) is 7.14. The molecule has 0 radical (unpaired) electrons. The molecule has 0 bridgehead atoms. The second-order valence-corrected chi connectivity index (χ2v) is 7.14. The minimum Gasteiger partial charge on any atom is -0.393 e. The molecule has 3 aromatic heterocycles. The van der Waals surface area contributed by atoms with Gasteiger partial charge in [0.15, 0.2) is 5.82 Å². The first-order valence-corrected chi connectivity index (χ1v) is 9.08. The van der Waals surface area contributed by atoms with E-state index in [1.54, 1.807) is 10.7 Å². The maximum atomic E-state index is 12.6. The summed E-state index contributed by atoms with van der Waals surface area (Å²) in [5.74, 6) is 0.942. The Morgan fingerprint density at radius 2 is 2.15 bits per heavy atom. The Morgan fingerprint density at radius 3 is 2.85 bits per heavy atom. The third-order valence-electron chi connectivity index (χ3n) is 4.92. The summed E-state index contributed by atoms with van der Waals surface area (Å²) >= 11 is 0. The first-order chi connectivity index (χ1) is 13.0. The van der Waals surface area contributed by atoms with E-state index in [4.69, 9.17) is 0 Å². The van der Waals surface area contributed by atoms with E-state index in [0.717, 1.165) is 17.1 Å². The molecule has 4 rings (SSSR count). The summed E-state index contributed by atoms with van der Waals surface area (Å²) < 4.78 is 1.65. The van der Waals surface area contributed by atoms with Crippen molar-refractivity contribution in [3.8, 4) is 0 Å². The number of rotatable bonds is 5. The first-order valence-electron chi connectivity index (χ1n) is 9.08. The van der Waals surface area contributed by atoms with Gasteiger partial charge in [0.25, 0.3) is 5.78 Å². The quantitative estimate of drug-likeness (QED) is 0.705. The van der Waals surface area contributed by atoms with E-state index in [-0.39, 0.29) is 30.4 Å². The van der Waals surface area contributed by atoms with Crippen LogP contribution in [0.5, 0.6) is 0 Å². The topological polar surface area (TPSA) is 105 Å². The Bertz CT molecular complexity index is 965. The molecule has 0 unspecified atom stereocenters. The normalized spacial score (nSPS) is 20.3. The average molecular weight is 366 g/mol. The number of fused-ring (bicyclic) bond motifs is 1. The summed E-state index contributed by atoms with van der Waals surface area (Å²) in [5, 5.41) is 17.1. The van der Waals surface area contributed by atoms with Crippen molar-refractivity contribution < 1.29 is 9.90 Å². The summed E-state index contributed by atoms with van der Waals surface area (Å²) in [6.07, 6.45) is 2.81. The van der Waals surface area contributed by atoms with Gasteiger partial charge in [-0.25, -0.2) is 9.50 Å². The smallest absolute Gasteiger partial charge is 0.252 e. The van der Waals surface area contributed by atoms with Gasteiger partial charge in [0.2, 0.25) is 5.91 Å². The average Bonchev–Trinajstić information content (AvgIpc) is 3.00. The van der Waals surface area contributed by atoms with E-state index in [2.05, 4.69) is 25.4 Å². The molecular weight excluding hydrogens is 344 g/mol. The number of carbonyl (C=O) groups is 1. The van der Waals surface area contributed by atoms with Gasteiger partial charge in [-0.3, -0.25) is 9.78 Å². The predicted molar refractivity (Wildman–Crippen MR) is 97.8 cm³/mol. The molecule has 3 heterocycles. The van der Waals surface area contributed by atoms with Crippen molar-refractivity contribution in [2.45, 2.75) is 45.3 Å². The van der Waals surface area contributed by atoms with Crippen molar-refractivity contribution in [2.75, 3.05) is 0 Å². The number of nitrogens with zero attached hydrogens (tertiary/aromatic N) is 5. The van der Waals surface area contributed by atoms with Crippen LogP contribution in [0.2, 0.25) is 0 Å². The lowest BCUT2D eigenvalue weighted by Crippen LogP contribution is -2.42. The Kier molecular flexibility index (Phi) is 4.57. The third-order valence-corrected chi connectivity index (χ3v) is 4.92. The van der Waals surface area contributed by atoms with Gasteiger partial charge in [-0.15, -0.1) is 5.10 Å². The lowest BCUT2D eigenvalue weighted by atomic mass is 9.76. The second kappa shape index (κ2) is 7.03. The van der Waals surface area contributed by atoms with Crippen LogP contribution in [0.25, 0.3) is 5.78 Å². The number of aliphatic hydroxyl groups excluding tert-OH is 1. The molecule has 1 aliphatic carbocycles. The van der Waals surface area contributed by atoms with Gasteiger partial charge in [-0.05, 0) is 50.8 Å². The summed E-state index contributed by atoms with van der Waals surface area (Å²) in [4.78, 5) is 25.7. The van der Waals surface area contributed by atoms with Crippen LogP contribution in [-0.2, 0) is 11.2 Å². The highest BCUT2D eigenvalue weighted by Gasteiger charge is 2.36. The molecule has 1 amide bonds. The molecule has 1 aliphatic rings. The van der Waals surface area contributed by atoms with Crippen molar-refractivity contribution >= 4 is 11.7 Å². The molecule has 1 saturated carbocycles. The van der Waals surface area contributed by atoms with E-state index in [0.29, 0.717) is 24.4 Å². The zero-order valence-corrected chi connectivity index (χ0v) is 15.3. The van der Waals surface area contributed by atoms with E-state index in [1.807, 2.05) is 38.1 Å². The molecule has 27 heavy (non-hydrogen) atoms. The first kappa shape index (κ1) is 17.5. The predicted octanol–water partition coefficient (Wildman–Crippen LogP) is 1.31. The lowest BCUT2D eigenvalue weighted by Gasteiger charge is -2.37. The van der Waals surface area contributed by atoms with E-state index < -0.39 is 0 Å². The molecule has 0 spiro atoms. The van der Waals surface area contributed by atoms with Crippen LogP contribution >= 0.6 is 0 Å². The Hall–Kier alpha value is -2.87. The van der Waals surface area contributed by atoms with Crippen molar-refractivity contribution in [3.05, 3.63) is 53.4 Å². The monoisotopic (exact) mass is 366 g/mol. The zero-order chi connectivity index (χ0) is 19.0. The van der Waals surface area contributed by atoms with Gasteiger partial charge in [-0.1, -0.05) is 6.07 Å². The number of nitrogens with one attached hydrogen (secondary N) is 1. The number of amides is 1. The maximum Gasteiger partial charge on any atom is 0.252 e. The molecule has 0 saturated heterocycles. The fourth-order valence-electron chi connectivity index (χ4n) is 3.55. The molecule has 1 fully saturated rings. The molecule has 0 aromatic carbocycles. The molecule has 8 nitrogen and oxygen atoms in total. The molecular formula is C19H22N6O2. The highest BCUT2D eigenvalue weighted by Crippen LogP contribution is 2.37. The molecule has 1 atom stereocenters. The summed E-state index contributed by atoms with van der Waals surface area (Å²) in [6, 6.07) is 7.34. The Balaban J connectivity index is 1.51. The number of aryl methyl sites for hydroxylation is 2. The maximum absolute atomic E-state index is 12.6. The van der Waals surface area contributed by atoms with E-state index in [9.17, 15) is 9.90 Å². The van der Waals surface area contributed by atoms with Crippen molar-refractivity contribution in [3.63, 3.8) is 0 Å². The van der Waals surface area contributed by atoms with Gasteiger partial charge >= 0.3 is 0 Å². The van der Waals surface area contributed by atoms with Crippen LogP contribution in [0.3, 0.4) is 0 Å². The fourth-order valence-corrected chi connectivity index (χ4v) is 3.55. The van der Waals surface area contributed by atoms with Gasteiger partial charge in [0, 0.05) is 17.6 Å². The third kappa shape index (κ3) is 3.66. The van der Waals surface area contributed by atoms with Gasteiger partial charge < -0.3 is 10.4 Å². The number of aliphatic hydroxyl groups is 1. The van der Waals surface area contributed by atoms with Gasteiger partial charge in [0.05, 0.1) is 24.3 Å². The number of hydrogen-bond acceptors (Lipinski definition) is 6. The highest BCUT2D eigenvalue weighted by molar-refractivity contribution is 5.78. The molecule has 0 aliphatic heterocycles. The van der Waals surface area contributed by atoms with Crippen LogP contribution in [0.15, 0.2) is 30.5 Å². The summed E-state index contributed by atoms with van der Waals surface area (Å²) in [5.41, 5.74) is 2.59. The van der Waals surface area contributed by atoms with Crippen LogP contribution in [0.4, 0.5) is 0 Å². The van der Waals surface area contributed by atoms with Crippen LogP contribution in [0.1, 0.15) is 41.8 Å². The summed E-state index contributed by atoms with van der Waals surface area (Å²) in [7, 11) is 0. The lowest BCUT2D eigenvalue weighted by molar-refractivity contribution is -0.122. The SMILES string of the molecule is Cc1cc(C)n2nc(CC(=O)N[C@H](c3ccccn3)C3CC(O)C3)nc2n1. The Labute approximate surface area is 156 Å². The minimum atomic E-state index is -0.296. The van der Waals surface area contributed by atoms with Crippen LogP contribution < -0.4 is 5.32 Å². The molecule has 140 valence electrons. The van der Waals surface area contributed by atoms with Crippen LogP contribution in [0, 0.1) is 19.8 Å². The van der Waals surface area contributed by atoms with Gasteiger partial charge in [0.1, 0.15) is 0 Å². The number of hydrogen-bond donors (Lipinski definition) is 2. The van der Waals surface area contributed by atoms with Crippen molar-refractivity contribution in [2.24, 2.45) is 5.92 Å². The van der Waals surface area contributed by atoms with Crippen molar-refractivity contribution in [1.29, 1.82) is 0 Å². The van der Waals surface area contributed by atoms with Crippen LogP contribution in [-0.4, -0.2) is 41.7 Å². The number of pyridine rings is 1.